The molecule has 1 aliphatic heterocycles. The fourth-order valence-electron chi connectivity index (χ4n) is 2.95. The molecule has 1 aliphatic rings. The number of para-hydroxylation sites is 1. The summed E-state index contributed by atoms with van der Waals surface area (Å²) < 4.78 is 16.2. The third kappa shape index (κ3) is 2.50. The van der Waals surface area contributed by atoms with Crippen molar-refractivity contribution in [2.75, 3.05) is 6.54 Å². The van der Waals surface area contributed by atoms with Crippen molar-refractivity contribution in [3.63, 3.8) is 0 Å². The van der Waals surface area contributed by atoms with Crippen LogP contribution in [0.4, 0.5) is 4.39 Å². The van der Waals surface area contributed by atoms with Crippen molar-refractivity contribution in [3.8, 4) is 0 Å². The van der Waals surface area contributed by atoms with Gasteiger partial charge in [-0.2, -0.15) is 5.10 Å². The van der Waals surface area contributed by atoms with Crippen molar-refractivity contribution in [1.82, 2.24) is 15.1 Å². The van der Waals surface area contributed by atoms with E-state index >= 15 is 0 Å². The Morgan fingerprint density at radius 1 is 1.42 bits per heavy atom. The molecule has 3 rings (SSSR count). The van der Waals surface area contributed by atoms with E-state index in [1.54, 1.807) is 0 Å². The summed E-state index contributed by atoms with van der Waals surface area (Å²) in [6, 6.07) is 8.02. The summed E-state index contributed by atoms with van der Waals surface area (Å²) >= 11 is 0. The second-order valence-corrected chi connectivity index (χ2v) is 5.36. The molecule has 0 aliphatic carbocycles. The van der Waals surface area contributed by atoms with E-state index in [2.05, 4.69) is 10.4 Å². The first-order valence-electron chi connectivity index (χ1n) is 7.04. The number of nitrogens with one attached hydrogen (secondary N) is 1. The predicted molar refractivity (Wildman–Crippen MR) is 75.0 cm³/mol. The number of alkyl halides is 1. The van der Waals surface area contributed by atoms with Crippen LogP contribution in [0.15, 0.2) is 24.3 Å². The Balaban J connectivity index is 1.81. The third-order valence-electron chi connectivity index (χ3n) is 4.01. The molecule has 2 aromatic rings. The Morgan fingerprint density at radius 2 is 2.26 bits per heavy atom. The number of hydrogen-bond donors (Lipinski definition) is 1. The van der Waals surface area contributed by atoms with Gasteiger partial charge in [-0.3, -0.25) is 4.68 Å². The van der Waals surface area contributed by atoms with E-state index < -0.39 is 6.17 Å². The summed E-state index contributed by atoms with van der Waals surface area (Å²) in [6.45, 7) is 0.939. The first-order valence-corrected chi connectivity index (χ1v) is 7.04. The molecule has 1 aromatic carbocycles. The van der Waals surface area contributed by atoms with Crippen molar-refractivity contribution in [3.05, 3.63) is 30.0 Å². The van der Waals surface area contributed by atoms with Gasteiger partial charge in [0.1, 0.15) is 6.17 Å². The van der Waals surface area contributed by atoms with Crippen molar-refractivity contribution in [1.29, 1.82) is 0 Å². The number of rotatable bonds is 3. The van der Waals surface area contributed by atoms with Gasteiger partial charge in [-0.05, 0) is 25.5 Å². The Hall–Kier alpha value is -1.42. The lowest BCUT2D eigenvalue weighted by Gasteiger charge is -2.26. The predicted octanol–water partition coefficient (Wildman–Crippen LogP) is 2.60. The normalized spacial score (nSPS) is 21.7. The molecule has 1 saturated heterocycles. The van der Waals surface area contributed by atoms with Gasteiger partial charge in [-0.25, -0.2) is 4.39 Å². The summed E-state index contributed by atoms with van der Waals surface area (Å²) in [5.41, 5.74) is 1.94. The highest BCUT2D eigenvalue weighted by Crippen LogP contribution is 2.22. The highest BCUT2D eigenvalue weighted by molar-refractivity contribution is 5.81. The van der Waals surface area contributed by atoms with E-state index in [1.807, 2.05) is 36.0 Å². The molecular weight excluding hydrogens is 241 g/mol. The van der Waals surface area contributed by atoms with Crippen LogP contribution in [0, 0.1) is 0 Å². The van der Waals surface area contributed by atoms with E-state index in [1.165, 1.54) is 0 Å². The zero-order chi connectivity index (χ0) is 13.2. The standard InChI is InChI=1S/C15H20FN3/c1-19-15-8-3-2-6-11(15)14(18-19)10-12(16)13-7-4-5-9-17-13/h2-3,6,8,12-13,17H,4-5,7,9-10H2,1H3. The Morgan fingerprint density at radius 3 is 3.05 bits per heavy atom. The van der Waals surface area contributed by atoms with Crippen LogP contribution in [0.3, 0.4) is 0 Å². The summed E-state index contributed by atoms with van der Waals surface area (Å²) in [6.07, 6.45) is 2.78. The molecular formula is C15H20FN3. The summed E-state index contributed by atoms with van der Waals surface area (Å²) in [4.78, 5) is 0. The van der Waals surface area contributed by atoms with Crippen molar-refractivity contribution in [2.24, 2.45) is 7.05 Å². The molecule has 2 heterocycles. The quantitative estimate of drug-likeness (QED) is 0.920. The number of piperidine rings is 1. The number of halogens is 1. The average molecular weight is 261 g/mol. The Labute approximate surface area is 112 Å². The van der Waals surface area contributed by atoms with E-state index in [9.17, 15) is 4.39 Å². The fraction of sp³-hybridized carbons (Fsp3) is 0.533. The molecule has 4 heteroatoms. The second-order valence-electron chi connectivity index (χ2n) is 5.36. The molecule has 1 fully saturated rings. The minimum atomic E-state index is -0.849. The van der Waals surface area contributed by atoms with E-state index in [0.717, 1.165) is 42.4 Å². The molecule has 19 heavy (non-hydrogen) atoms. The smallest absolute Gasteiger partial charge is 0.121 e. The minimum Gasteiger partial charge on any atom is -0.311 e. The average Bonchev–Trinajstić information content (AvgIpc) is 2.77. The van der Waals surface area contributed by atoms with Gasteiger partial charge in [-0.1, -0.05) is 24.6 Å². The second kappa shape index (κ2) is 5.29. The molecule has 0 spiro atoms. The number of aromatic nitrogens is 2. The molecule has 0 amide bonds. The van der Waals surface area contributed by atoms with Crippen LogP contribution in [0.1, 0.15) is 25.0 Å². The summed E-state index contributed by atoms with van der Waals surface area (Å²) in [5, 5.41) is 8.83. The van der Waals surface area contributed by atoms with E-state index in [0.29, 0.717) is 6.42 Å². The maximum Gasteiger partial charge on any atom is 0.121 e. The van der Waals surface area contributed by atoms with Crippen LogP contribution >= 0.6 is 0 Å². The number of aryl methyl sites for hydroxylation is 1. The van der Waals surface area contributed by atoms with E-state index in [4.69, 9.17) is 0 Å². The molecule has 1 aromatic heterocycles. The monoisotopic (exact) mass is 261 g/mol. The third-order valence-corrected chi connectivity index (χ3v) is 4.01. The molecule has 0 saturated carbocycles. The molecule has 3 nitrogen and oxygen atoms in total. The molecule has 2 atom stereocenters. The van der Waals surface area contributed by atoms with Gasteiger partial charge < -0.3 is 5.32 Å². The van der Waals surface area contributed by atoms with Gasteiger partial charge in [-0.15, -0.1) is 0 Å². The van der Waals surface area contributed by atoms with Gasteiger partial charge in [0.25, 0.3) is 0 Å². The maximum absolute atomic E-state index is 14.4. The lowest BCUT2D eigenvalue weighted by molar-refractivity contribution is 0.216. The highest BCUT2D eigenvalue weighted by atomic mass is 19.1. The van der Waals surface area contributed by atoms with Gasteiger partial charge in [0.2, 0.25) is 0 Å². The summed E-state index contributed by atoms with van der Waals surface area (Å²) in [7, 11) is 1.91. The zero-order valence-corrected chi connectivity index (χ0v) is 11.3. The largest absolute Gasteiger partial charge is 0.311 e. The van der Waals surface area contributed by atoms with Crippen LogP contribution in [-0.2, 0) is 13.5 Å². The first kappa shape index (κ1) is 12.6. The number of nitrogens with zero attached hydrogens (tertiary/aromatic N) is 2. The minimum absolute atomic E-state index is 0.00508. The molecule has 2 unspecified atom stereocenters. The number of hydrogen-bond acceptors (Lipinski definition) is 2. The highest BCUT2D eigenvalue weighted by Gasteiger charge is 2.24. The van der Waals surface area contributed by atoms with Crippen LogP contribution in [0.25, 0.3) is 10.9 Å². The number of fused-ring (bicyclic) bond motifs is 1. The Bertz CT molecular complexity index is 558. The van der Waals surface area contributed by atoms with Crippen molar-refractivity contribution < 1.29 is 4.39 Å². The van der Waals surface area contributed by atoms with Gasteiger partial charge >= 0.3 is 0 Å². The fourth-order valence-corrected chi connectivity index (χ4v) is 2.95. The topological polar surface area (TPSA) is 29.9 Å². The van der Waals surface area contributed by atoms with Crippen molar-refractivity contribution in [2.45, 2.75) is 37.9 Å². The molecule has 0 bridgehead atoms. The molecule has 102 valence electrons. The van der Waals surface area contributed by atoms with Crippen LogP contribution in [-0.4, -0.2) is 28.5 Å². The maximum atomic E-state index is 14.4. The van der Waals surface area contributed by atoms with Gasteiger partial charge in [0, 0.05) is 24.9 Å². The summed E-state index contributed by atoms with van der Waals surface area (Å²) in [5.74, 6) is 0. The van der Waals surface area contributed by atoms with E-state index in [-0.39, 0.29) is 6.04 Å². The SMILES string of the molecule is Cn1nc(CC(F)C2CCCCN2)c2ccccc21. The lowest BCUT2D eigenvalue weighted by atomic mass is 9.97. The Kier molecular flexibility index (Phi) is 3.51. The first-order chi connectivity index (χ1) is 9.25. The van der Waals surface area contributed by atoms with Crippen molar-refractivity contribution >= 4 is 10.9 Å². The van der Waals surface area contributed by atoms with Gasteiger partial charge in [0.15, 0.2) is 0 Å². The van der Waals surface area contributed by atoms with Crippen LogP contribution in [0.5, 0.6) is 0 Å². The molecule has 0 radical (unpaired) electrons. The van der Waals surface area contributed by atoms with Crippen LogP contribution < -0.4 is 5.32 Å². The van der Waals surface area contributed by atoms with Crippen LogP contribution in [0.2, 0.25) is 0 Å². The van der Waals surface area contributed by atoms with Gasteiger partial charge in [0.05, 0.1) is 11.2 Å². The zero-order valence-electron chi connectivity index (χ0n) is 11.3. The number of benzene rings is 1. The lowest BCUT2D eigenvalue weighted by Crippen LogP contribution is -2.42. The molecule has 1 N–H and O–H groups in total.